The van der Waals surface area contributed by atoms with Gasteiger partial charge in [-0.2, -0.15) is 5.26 Å². The van der Waals surface area contributed by atoms with Crippen molar-refractivity contribution >= 4 is 11.4 Å². The molecular formula is C13H19N3. The summed E-state index contributed by atoms with van der Waals surface area (Å²) >= 11 is 0. The molecule has 0 spiro atoms. The van der Waals surface area contributed by atoms with Crippen LogP contribution in [0, 0.1) is 16.7 Å². The highest BCUT2D eigenvalue weighted by Gasteiger charge is 2.20. The standard InChI is InChI=1S/C13H19N3/c1-9(13(2,3)4)16-12-6-5-10(8-14)7-11(12)15/h5-7,9,16H,15H2,1-4H3. The van der Waals surface area contributed by atoms with Gasteiger partial charge in [0.25, 0.3) is 0 Å². The number of hydrogen-bond acceptors (Lipinski definition) is 3. The lowest BCUT2D eigenvalue weighted by Crippen LogP contribution is -2.31. The van der Waals surface area contributed by atoms with Crippen molar-refractivity contribution in [2.75, 3.05) is 11.1 Å². The smallest absolute Gasteiger partial charge is 0.0992 e. The van der Waals surface area contributed by atoms with Gasteiger partial charge in [0.15, 0.2) is 0 Å². The lowest BCUT2D eigenvalue weighted by atomic mass is 9.88. The van der Waals surface area contributed by atoms with E-state index in [0.29, 0.717) is 17.3 Å². The fourth-order valence-electron chi connectivity index (χ4n) is 1.21. The molecular weight excluding hydrogens is 198 g/mol. The third-order valence-corrected chi connectivity index (χ3v) is 2.85. The first-order chi connectivity index (χ1) is 7.34. The predicted molar refractivity (Wildman–Crippen MR) is 68.1 cm³/mol. The molecule has 3 N–H and O–H groups in total. The number of benzene rings is 1. The van der Waals surface area contributed by atoms with E-state index in [9.17, 15) is 0 Å². The van der Waals surface area contributed by atoms with Gasteiger partial charge in [-0.1, -0.05) is 20.8 Å². The summed E-state index contributed by atoms with van der Waals surface area (Å²) in [4.78, 5) is 0. The Labute approximate surface area is 97.3 Å². The monoisotopic (exact) mass is 217 g/mol. The number of nitrogens with zero attached hydrogens (tertiary/aromatic N) is 1. The van der Waals surface area contributed by atoms with Crippen molar-refractivity contribution in [2.45, 2.75) is 33.7 Å². The largest absolute Gasteiger partial charge is 0.397 e. The van der Waals surface area contributed by atoms with Crippen LogP contribution >= 0.6 is 0 Å². The van der Waals surface area contributed by atoms with Crippen molar-refractivity contribution < 1.29 is 0 Å². The van der Waals surface area contributed by atoms with Crippen molar-refractivity contribution in [3.05, 3.63) is 23.8 Å². The van der Waals surface area contributed by atoms with E-state index < -0.39 is 0 Å². The number of nitrogens with one attached hydrogen (secondary N) is 1. The van der Waals surface area contributed by atoms with E-state index in [1.807, 2.05) is 6.07 Å². The van der Waals surface area contributed by atoms with Crippen molar-refractivity contribution in [3.8, 4) is 6.07 Å². The van der Waals surface area contributed by atoms with Crippen molar-refractivity contribution in [1.29, 1.82) is 5.26 Å². The zero-order valence-corrected chi connectivity index (χ0v) is 10.3. The fourth-order valence-corrected chi connectivity index (χ4v) is 1.21. The summed E-state index contributed by atoms with van der Waals surface area (Å²) in [5, 5.41) is 12.1. The molecule has 16 heavy (non-hydrogen) atoms. The molecule has 0 amide bonds. The minimum Gasteiger partial charge on any atom is -0.397 e. The summed E-state index contributed by atoms with van der Waals surface area (Å²) in [5.41, 5.74) is 8.14. The Morgan fingerprint density at radius 1 is 1.38 bits per heavy atom. The highest BCUT2D eigenvalue weighted by molar-refractivity contribution is 5.68. The van der Waals surface area contributed by atoms with Crippen LogP contribution in [0.5, 0.6) is 0 Å². The first-order valence-electron chi connectivity index (χ1n) is 5.41. The van der Waals surface area contributed by atoms with E-state index in [4.69, 9.17) is 11.0 Å². The fraction of sp³-hybridized carbons (Fsp3) is 0.462. The molecule has 1 unspecified atom stereocenters. The lowest BCUT2D eigenvalue weighted by Gasteiger charge is -2.29. The van der Waals surface area contributed by atoms with Crippen LogP contribution in [0.15, 0.2) is 18.2 Å². The second-order valence-electron chi connectivity index (χ2n) is 5.15. The normalized spacial score (nSPS) is 12.9. The Bertz CT molecular complexity index is 410. The molecule has 0 fully saturated rings. The van der Waals surface area contributed by atoms with Gasteiger partial charge in [0.05, 0.1) is 23.0 Å². The van der Waals surface area contributed by atoms with E-state index in [0.717, 1.165) is 5.69 Å². The number of rotatable bonds is 2. The molecule has 0 bridgehead atoms. The second-order valence-corrected chi connectivity index (χ2v) is 5.15. The summed E-state index contributed by atoms with van der Waals surface area (Å²) in [5.74, 6) is 0. The molecule has 86 valence electrons. The van der Waals surface area contributed by atoms with Crippen LogP contribution in [-0.4, -0.2) is 6.04 Å². The highest BCUT2D eigenvalue weighted by atomic mass is 14.9. The highest BCUT2D eigenvalue weighted by Crippen LogP contribution is 2.26. The summed E-state index contributed by atoms with van der Waals surface area (Å²) in [6.07, 6.45) is 0. The summed E-state index contributed by atoms with van der Waals surface area (Å²) in [6, 6.07) is 7.70. The van der Waals surface area contributed by atoms with Gasteiger partial charge in [-0.3, -0.25) is 0 Å². The molecule has 1 rings (SSSR count). The molecule has 0 aliphatic heterocycles. The van der Waals surface area contributed by atoms with Crippen molar-refractivity contribution in [3.63, 3.8) is 0 Å². The molecule has 1 aromatic carbocycles. The van der Waals surface area contributed by atoms with Gasteiger partial charge in [0.1, 0.15) is 0 Å². The quantitative estimate of drug-likeness (QED) is 0.748. The minimum absolute atomic E-state index is 0.167. The molecule has 0 saturated carbocycles. The van der Waals surface area contributed by atoms with Crippen LogP contribution < -0.4 is 11.1 Å². The molecule has 3 heteroatoms. The third kappa shape index (κ3) is 2.90. The predicted octanol–water partition coefficient (Wildman–Crippen LogP) is 2.99. The molecule has 0 aliphatic rings. The molecule has 3 nitrogen and oxygen atoms in total. The molecule has 1 atom stereocenters. The third-order valence-electron chi connectivity index (χ3n) is 2.85. The van der Waals surface area contributed by atoms with Crippen molar-refractivity contribution in [2.24, 2.45) is 5.41 Å². The molecule has 0 aromatic heterocycles. The Balaban J connectivity index is 2.88. The van der Waals surface area contributed by atoms with Crippen molar-refractivity contribution in [1.82, 2.24) is 0 Å². The zero-order valence-electron chi connectivity index (χ0n) is 10.3. The molecule has 0 radical (unpaired) electrons. The minimum atomic E-state index is 0.167. The van der Waals surface area contributed by atoms with E-state index >= 15 is 0 Å². The topological polar surface area (TPSA) is 61.8 Å². The SMILES string of the molecule is CC(Nc1ccc(C#N)cc1N)C(C)(C)C. The number of nitriles is 1. The molecule has 1 aromatic rings. The van der Waals surface area contributed by atoms with E-state index in [-0.39, 0.29) is 5.41 Å². The average Bonchev–Trinajstić information content (AvgIpc) is 2.19. The van der Waals surface area contributed by atoms with Gasteiger partial charge in [-0.25, -0.2) is 0 Å². The maximum Gasteiger partial charge on any atom is 0.0992 e. The van der Waals surface area contributed by atoms with Crippen LogP contribution in [0.2, 0.25) is 0 Å². The summed E-state index contributed by atoms with van der Waals surface area (Å²) in [6.45, 7) is 8.64. The Hall–Kier alpha value is -1.69. The van der Waals surface area contributed by atoms with E-state index in [1.165, 1.54) is 0 Å². The van der Waals surface area contributed by atoms with Crippen LogP contribution in [0.4, 0.5) is 11.4 Å². The number of nitrogen functional groups attached to an aromatic ring is 1. The second kappa shape index (κ2) is 4.44. The molecule has 0 aliphatic carbocycles. The maximum absolute atomic E-state index is 8.74. The number of hydrogen-bond donors (Lipinski definition) is 2. The van der Waals surface area contributed by atoms with Crippen LogP contribution in [0.25, 0.3) is 0 Å². The van der Waals surface area contributed by atoms with Crippen LogP contribution in [0.1, 0.15) is 33.3 Å². The Morgan fingerprint density at radius 2 is 2.00 bits per heavy atom. The average molecular weight is 217 g/mol. The van der Waals surface area contributed by atoms with E-state index in [2.05, 4.69) is 39.1 Å². The van der Waals surface area contributed by atoms with Crippen LogP contribution in [0.3, 0.4) is 0 Å². The van der Waals surface area contributed by atoms with Gasteiger partial charge in [0.2, 0.25) is 0 Å². The molecule has 0 heterocycles. The summed E-state index contributed by atoms with van der Waals surface area (Å²) in [7, 11) is 0. The lowest BCUT2D eigenvalue weighted by molar-refractivity contribution is 0.359. The Kier molecular flexibility index (Phi) is 3.44. The molecule has 0 saturated heterocycles. The van der Waals surface area contributed by atoms with Gasteiger partial charge < -0.3 is 11.1 Å². The first kappa shape index (κ1) is 12.4. The van der Waals surface area contributed by atoms with Crippen LogP contribution in [-0.2, 0) is 0 Å². The number of anilines is 2. The van der Waals surface area contributed by atoms with Gasteiger partial charge in [-0.15, -0.1) is 0 Å². The van der Waals surface area contributed by atoms with Gasteiger partial charge >= 0.3 is 0 Å². The Morgan fingerprint density at radius 3 is 2.44 bits per heavy atom. The van der Waals surface area contributed by atoms with Gasteiger partial charge in [0, 0.05) is 6.04 Å². The van der Waals surface area contributed by atoms with E-state index in [1.54, 1.807) is 12.1 Å². The number of nitrogens with two attached hydrogens (primary N) is 1. The maximum atomic E-state index is 8.74. The van der Waals surface area contributed by atoms with Gasteiger partial charge in [-0.05, 0) is 30.5 Å². The summed E-state index contributed by atoms with van der Waals surface area (Å²) < 4.78 is 0. The zero-order chi connectivity index (χ0) is 12.3. The first-order valence-corrected chi connectivity index (χ1v) is 5.41.